The first-order valence-electron chi connectivity index (χ1n) is 15.5. The zero-order valence-corrected chi connectivity index (χ0v) is 26.9. The number of amides is 2. The van der Waals surface area contributed by atoms with E-state index >= 15 is 0 Å². The number of hydrogen-bond acceptors (Lipinski definition) is 8. The molecule has 0 radical (unpaired) electrons. The van der Waals surface area contributed by atoms with Crippen LogP contribution in [0.15, 0.2) is 78.9 Å². The lowest BCUT2D eigenvalue weighted by molar-refractivity contribution is -0.146. The number of aromatic nitrogens is 1. The Labute approximate surface area is 272 Å². The van der Waals surface area contributed by atoms with Gasteiger partial charge in [0.25, 0.3) is 11.1 Å². The highest BCUT2D eigenvalue weighted by Gasteiger charge is 2.46. The van der Waals surface area contributed by atoms with Gasteiger partial charge in [-0.3, -0.25) is 14.4 Å². The van der Waals surface area contributed by atoms with Crippen molar-refractivity contribution in [3.63, 3.8) is 0 Å². The molecular formula is C36H37N3O6S. The Morgan fingerprint density at radius 2 is 1.76 bits per heavy atom. The minimum Gasteiger partial charge on any atom is -0.497 e. The zero-order valence-electron chi connectivity index (χ0n) is 26.1. The van der Waals surface area contributed by atoms with Crippen LogP contribution in [0.2, 0.25) is 0 Å². The molecule has 2 amide bonds. The number of nitrogens with zero attached hydrogens (tertiary/aromatic N) is 2. The van der Waals surface area contributed by atoms with Crippen LogP contribution in [-0.2, 0) is 14.3 Å². The summed E-state index contributed by atoms with van der Waals surface area (Å²) in [5, 5.41) is 3.85. The fraction of sp³-hybridized carbons (Fsp3) is 0.333. The SMILES string of the molecule is COc1ccc2nc(-c3ccc(Oc4ccccc4)cc3)cc([C@@H]3SC(=O)N4CC[C@H]([C@@H](C)CNC(=O)COC(C)=O)C[C@@H]34)c2c1. The predicted octanol–water partition coefficient (Wildman–Crippen LogP) is 7.01. The number of fused-ring (bicyclic) bond motifs is 2. The number of benzene rings is 3. The summed E-state index contributed by atoms with van der Waals surface area (Å²) in [6.45, 7) is 4.28. The van der Waals surface area contributed by atoms with Crippen LogP contribution in [0.25, 0.3) is 22.2 Å². The Morgan fingerprint density at radius 1 is 1.02 bits per heavy atom. The molecule has 2 aliphatic rings. The number of carbonyl (C=O) groups is 3. The molecule has 4 atom stereocenters. The van der Waals surface area contributed by atoms with E-state index in [9.17, 15) is 14.4 Å². The van der Waals surface area contributed by atoms with Gasteiger partial charge in [0.15, 0.2) is 6.61 Å². The number of methoxy groups -OCH3 is 1. The largest absolute Gasteiger partial charge is 0.497 e. The Kier molecular flexibility index (Phi) is 9.44. The molecule has 4 aromatic rings. The van der Waals surface area contributed by atoms with Crippen LogP contribution in [-0.4, -0.2) is 59.8 Å². The molecule has 2 aliphatic heterocycles. The van der Waals surface area contributed by atoms with Gasteiger partial charge in [-0.1, -0.05) is 36.9 Å². The normalized spacial score (nSPS) is 19.8. The minimum atomic E-state index is -0.483. The van der Waals surface area contributed by atoms with Crippen molar-refractivity contribution in [3.05, 3.63) is 84.4 Å². The molecule has 3 aromatic carbocycles. The Bertz CT molecular complexity index is 1730. The molecule has 0 saturated carbocycles. The van der Waals surface area contributed by atoms with Gasteiger partial charge in [-0.05, 0) is 90.9 Å². The lowest BCUT2D eigenvalue weighted by Gasteiger charge is -2.39. The molecule has 0 bridgehead atoms. The van der Waals surface area contributed by atoms with Crippen molar-refractivity contribution in [2.75, 3.05) is 26.8 Å². The molecular weight excluding hydrogens is 602 g/mol. The lowest BCUT2D eigenvalue weighted by atomic mass is 9.80. The number of para-hydroxylation sites is 1. The van der Waals surface area contributed by atoms with Crippen LogP contribution in [0.5, 0.6) is 17.2 Å². The van der Waals surface area contributed by atoms with Crippen LogP contribution in [0.1, 0.15) is 37.5 Å². The van der Waals surface area contributed by atoms with Crippen molar-refractivity contribution in [1.82, 2.24) is 15.2 Å². The van der Waals surface area contributed by atoms with E-state index in [0.717, 1.165) is 57.8 Å². The Morgan fingerprint density at radius 3 is 2.50 bits per heavy atom. The van der Waals surface area contributed by atoms with Gasteiger partial charge in [0.2, 0.25) is 0 Å². The second-order valence-electron chi connectivity index (χ2n) is 11.8. The van der Waals surface area contributed by atoms with Crippen LogP contribution < -0.4 is 14.8 Å². The van der Waals surface area contributed by atoms with Crippen molar-refractivity contribution < 1.29 is 28.6 Å². The van der Waals surface area contributed by atoms with Gasteiger partial charge < -0.3 is 24.4 Å². The van der Waals surface area contributed by atoms with E-state index in [4.69, 9.17) is 19.2 Å². The summed E-state index contributed by atoms with van der Waals surface area (Å²) in [5.41, 5.74) is 3.66. The topological polar surface area (TPSA) is 107 Å². The van der Waals surface area contributed by atoms with Gasteiger partial charge in [0.1, 0.15) is 17.2 Å². The predicted molar refractivity (Wildman–Crippen MR) is 178 cm³/mol. The second kappa shape index (κ2) is 13.8. The summed E-state index contributed by atoms with van der Waals surface area (Å²) in [4.78, 5) is 43.6. The van der Waals surface area contributed by atoms with E-state index in [-0.39, 0.29) is 35.0 Å². The maximum atomic E-state index is 13.3. The van der Waals surface area contributed by atoms with Crippen molar-refractivity contribution >= 4 is 39.8 Å². The standard InChI is InChI=1S/C36H37N3O6S/c1-22(20-37-34(41)21-44-23(2)40)25-15-16-39-33(17-25)35(46-36(39)42)30-19-32(38-31-14-13-28(43-3)18-29(30)31)24-9-11-27(12-10-24)45-26-7-5-4-6-8-26/h4-14,18-19,22,25,33,35H,15-17,20-21H2,1-3H3,(H,37,41)/t22-,25-,33-,35-/m0/s1. The van der Waals surface area contributed by atoms with Crippen LogP contribution in [0, 0.1) is 11.8 Å². The number of thioether (sulfide) groups is 1. The van der Waals surface area contributed by atoms with Crippen LogP contribution >= 0.6 is 11.8 Å². The van der Waals surface area contributed by atoms with Crippen LogP contribution in [0.3, 0.4) is 0 Å². The lowest BCUT2D eigenvalue weighted by Crippen LogP contribution is -2.44. The van der Waals surface area contributed by atoms with E-state index in [2.05, 4.69) is 18.3 Å². The van der Waals surface area contributed by atoms with E-state index in [1.807, 2.05) is 77.7 Å². The smallest absolute Gasteiger partial charge is 0.303 e. The number of rotatable bonds is 10. The van der Waals surface area contributed by atoms with Crippen molar-refractivity contribution in [2.45, 2.75) is 38.0 Å². The summed E-state index contributed by atoms with van der Waals surface area (Å²) in [7, 11) is 1.65. The first-order chi connectivity index (χ1) is 22.3. The average Bonchev–Trinajstić information content (AvgIpc) is 3.41. The first-order valence-corrected chi connectivity index (χ1v) is 16.4. The number of carbonyl (C=O) groups excluding carboxylic acids is 3. The van der Waals surface area contributed by atoms with Crippen molar-refractivity contribution in [2.24, 2.45) is 11.8 Å². The fourth-order valence-corrected chi connectivity index (χ4v) is 7.62. The van der Waals surface area contributed by atoms with E-state index in [0.29, 0.717) is 19.0 Å². The number of nitrogens with one attached hydrogen (secondary N) is 1. The molecule has 2 fully saturated rings. The third-order valence-corrected chi connectivity index (χ3v) is 10.1. The summed E-state index contributed by atoms with van der Waals surface area (Å²) < 4.78 is 16.4. The molecule has 46 heavy (non-hydrogen) atoms. The maximum Gasteiger partial charge on any atom is 0.303 e. The number of pyridine rings is 1. The minimum absolute atomic E-state index is 0.00162. The number of piperidine rings is 1. The highest BCUT2D eigenvalue weighted by atomic mass is 32.2. The molecule has 2 saturated heterocycles. The molecule has 1 N–H and O–H groups in total. The van der Waals surface area contributed by atoms with Crippen LogP contribution in [0.4, 0.5) is 4.79 Å². The summed E-state index contributed by atoms with van der Waals surface area (Å²) in [6.07, 6.45) is 1.68. The molecule has 9 nitrogen and oxygen atoms in total. The first kappa shape index (κ1) is 31.4. The molecule has 0 spiro atoms. The highest BCUT2D eigenvalue weighted by molar-refractivity contribution is 8.14. The average molecular weight is 640 g/mol. The molecule has 0 aliphatic carbocycles. The fourth-order valence-electron chi connectivity index (χ4n) is 6.30. The quantitative estimate of drug-likeness (QED) is 0.185. The molecule has 238 valence electrons. The number of hydrogen-bond donors (Lipinski definition) is 1. The Hall–Kier alpha value is -4.57. The summed E-state index contributed by atoms with van der Waals surface area (Å²) >= 11 is 1.38. The maximum absolute atomic E-state index is 13.3. The van der Waals surface area contributed by atoms with Gasteiger partial charge in [-0.15, -0.1) is 0 Å². The third-order valence-electron chi connectivity index (χ3n) is 8.81. The van der Waals surface area contributed by atoms with Gasteiger partial charge in [-0.25, -0.2) is 4.98 Å². The van der Waals surface area contributed by atoms with E-state index < -0.39 is 5.97 Å². The Balaban J connectivity index is 1.27. The monoisotopic (exact) mass is 639 g/mol. The van der Waals surface area contributed by atoms with Gasteiger partial charge in [0.05, 0.1) is 23.6 Å². The van der Waals surface area contributed by atoms with Gasteiger partial charge in [-0.2, -0.15) is 0 Å². The molecule has 10 heteroatoms. The molecule has 0 unspecified atom stereocenters. The highest BCUT2D eigenvalue weighted by Crippen LogP contribution is 2.51. The van der Waals surface area contributed by atoms with E-state index in [1.54, 1.807) is 7.11 Å². The summed E-state index contributed by atoms with van der Waals surface area (Å²) in [6, 6.07) is 25.6. The van der Waals surface area contributed by atoms with Crippen molar-refractivity contribution in [1.29, 1.82) is 0 Å². The number of esters is 1. The van der Waals surface area contributed by atoms with Gasteiger partial charge >= 0.3 is 5.97 Å². The summed E-state index contributed by atoms with van der Waals surface area (Å²) in [5.74, 6) is 1.94. The molecule has 6 rings (SSSR count). The second-order valence-corrected chi connectivity index (χ2v) is 12.9. The van der Waals surface area contributed by atoms with E-state index in [1.165, 1.54) is 18.7 Å². The number of ether oxygens (including phenoxy) is 3. The zero-order chi connectivity index (χ0) is 32.2. The molecule has 3 heterocycles. The van der Waals surface area contributed by atoms with Gasteiger partial charge in [0, 0.05) is 37.0 Å². The van der Waals surface area contributed by atoms with Crippen molar-refractivity contribution in [3.8, 4) is 28.5 Å². The molecule has 1 aromatic heterocycles. The third kappa shape index (κ3) is 6.97.